The number of thiophene rings is 1. The third-order valence-corrected chi connectivity index (χ3v) is 6.73. The number of sulfonamides is 1. The summed E-state index contributed by atoms with van der Waals surface area (Å²) in [5.41, 5.74) is 0.494. The van der Waals surface area contributed by atoms with E-state index in [0.29, 0.717) is 22.1 Å². The van der Waals surface area contributed by atoms with Crippen molar-refractivity contribution in [3.63, 3.8) is 0 Å². The molecule has 1 heterocycles. The number of carbonyl (C=O) groups is 1. The highest BCUT2D eigenvalue weighted by Gasteiger charge is 2.17. The third kappa shape index (κ3) is 3.69. The zero-order valence-corrected chi connectivity index (χ0v) is 15.6. The largest absolute Gasteiger partial charge is 0.321 e. The average Bonchev–Trinajstić information content (AvgIpc) is 2.93. The number of hydrogen-bond acceptors (Lipinski definition) is 4. The van der Waals surface area contributed by atoms with E-state index >= 15 is 0 Å². The number of anilines is 1. The lowest BCUT2D eigenvalue weighted by Crippen LogP contribution is -2.23. The lowest BCUT2D eigenvalue weighted by Gasteiger charge is -2.07. The molecule has 2 aromatic carbocycles. The van der Waals surface area contributed by atoms with Gasteiger partial charge in [-0.2, -0.15) is 0 Å². The highest BCUT2D eigenvalue weighted by atomic mass is 35.5. The van der Waals surface area contributed by atoms with Crippen molar-refractivity contribution in [2.24, 2.45) is 0 Å². The molecule has 0 saturated heterocycles. The van der Waals surface area contributed by atoms with Gasteiger partial charge in [-0.3, -0.25) is 4.79 Å². The minimum absolute atomic E-state index is 0.146. The minimum atomic E-state index is -3.51. The predicted octanol–water partition coefficient (Wildman–Crippen LogP) is 4.11. The Morgan fingerprint density at radius 3 is 2.44 bits per heavy atom. The van der Waals surface area contributed by atoms with Gasteiger partial charge in [-0.1, -0.05) is 36.7 Å². The van der Waals surface area contributed by atoms with E-state index in [0.717, 1.165) is 10.1 Å². The fraction of sp³-hybridized carbons (Fsp3) is 0.118. The molecule has 0 aliphatic carbocycles. The Balaban J connectivity index is 1.82. The highest BCUT2D eigenvalue weighted by molar-refractivity contribution is 7.89. The highest BCUT2D eigenvalue weighted by Crippen LogP contribution is 2.35. The van der Waals surface area contributed by atoms with Crippen LogP contribution < -0.4 is 10.0 Å². The molecule has 25 heavy (non-hydrogen) atoms. The van der Waals surface area contributed by atoms with Gasteiger partial charge >= 0.3 is 0 Å². The molecule has 0 aliphatic heterocycles. The normalized spacial score (nSPS) is 11.6. The Morgan fingerprint density at radius 2 is 1.80 bits per heavy atom. The molecule has 130 valence electrons. The van der Waals surface area contributed by atoms with E-state index < -0.39 is 10.0 Å². The zero-order valence-electron chi connectivity index (χ0n) is 13.2. The zero-order chi connectivity index (χ0) is 18.0. The Bertz CT molecular complexity index is 1030. The van der Waals surface area contributed by atoms with Gasteiger partial charge in [-0.15, -0.1) is 11.3 Å². The summed E-state index contributed by atoms with van der Waals surface area (Å²) in [6.45, 7) is 2.02. The number of halogens is 1. The minimum Gasteiger partial charge on any atom is -0.321 e. The summed E-state index contributed by atoms with van der Waals surface area (Å²) in [5, 5.41) is 4.00. The average molecular weight is 395 g/mol. The first kappa shape index (κ1) is 17.9. The van der Waals surface area contributed by atoms with Crippen LogP contribution in [0.25, 0.3) is 10.1 Å². The van der Waals surface area contributed by atoms with Crippen LogP contribution in [-0.4, -0.2) is 20.9 Å². The maximum Gasteiger partial charge on any atom is 0.267 e. The first-order valence-corrected chi connectivity index (χ1v) is 10.2. The van der Waals surface area contributed by atoms with E-state index in [-0.39, 0.29) is 10.8 Å². The molecule has 0 aliphatic rings. The maximum atomic E-state index is 12.5. The summed E-state index contributed by atoms with van der Waals surface area (Å²) < 4.78 is 27.2. The van der Waals surface area contributed by atoms with Gasteiger partial charge in [0.1, 0.15) is 4.88 Å². The van der Waals surface area contributed by atoms with Crippen molar-refractivity contribution in [3.05, 3.63) is 58.4 Å². The first-order valence-electron chi connectivity index (χ1n) is 7.50. The number of carbonyl (C=O) groups excluding carboxylic acids is 1. The van der Waals surface area contributed by atoms with Crippen molar-refractivity contribution in [3.8, 4) is 0 Å². The summed E-state index contributed by atoms with van der Waals surface area (Å²) in [4.78, 5) is 13.0. The lowest BCUT2D eigenvalue weighted by atomic mass is 10.2. The van der Waals surface area contributed by atoms with E-state index in [9.17, 15) is 13.2 Å². The summed E-state index contributed by atoms with van der Waals surface area (Å²) in [6.07, 6.45) is 0. The van der Waals surface area contributed by atoms with Crippen molar-refractivity contribution in [2.75, 3.05) is 11.9 Å². The molecule has 0 fully saturated rings. The molecule has 0 radical (unpaired) electrons. The Labute approximate surface area is 154 Å². The van der Waals surface area contributed by atoms with Crippen molar-refractivity contribution in [1.82, 2.24) is 4.72 Å². The Morgan fingerprint density at radius 1 is 1.12 bits per heavy atom. The van der Waals surface area contributed by atoms with Crippen molar-refractivity contribution in [2.45, 2.75) is 11.8 Å². The van der Waals surface area contributed by atoms with Crippen molar-refractivity contribution in [1.29, 1.82) is 0 Å². The van der Waals surface area contributed by atoms with Crippen LogP contribution in [0.2, 0.25) is 5.02 Å². The summed E-state index contributed by atoms with van der Waals surface area (Å²) in [7, 11) is -3.51. The molecule has 8 heteroatoms. The molecule has 3 aromatic rings. The molecule has 0 bridgehead atoms. The van der Waals surface area contributed by atoms with Crippen LogP contribution in [0, 0.1) is 0 Å². The number of fused-ring (bicyclic) bond motifs is 1. The van der Waals surface area contributed by atoms with Gasteiger partial charge in [-0.05, 0) is 30.3 Å². The number of benzene rings is 2. The molecule has 3 rings (SSSR count). The van der Waals surface area contributed by atoms with E-state index in [1.807, 2.05) is 24.3 Å². The smallest absolute Gasteiger partial charge is 0.267 e. The fourth-order valence-corrected chi connectivity index (χ4v) is 4.79. The monoisotopic (exact) mass is 394 g/mol. The number of rotatable bonds is 5. The molecular formula is C17H15ClN2O3S2. The summed E-state index contributed by atoms with van der Waals surface area (Å²) in [5.74, 6) is -0.325. The Kier molecular flexibility index (Phi) is 5.10. The van der Waals surface area contributed by atoms with E-state index in [2.05, 4.69) is 10.0 Å². The van der Waals surface area contributed by atoms with Crippen LogP contribution in [0.5, 0.6) is 0 Å². The van der Waals surface area contributed by atoms with Gasteiger partial charge in [0.25, 0.3) is 5.91 Å². The molecule has 0 spiro atoms. The first-order chi connectivity index (χ1) is 11.9. The summed E-state index contributed by atoms with van der Waals surface area (Å²) >= 11 is 7.62. The lowest BCUT2D eigenvalue weighted by molar-refractivity contribution is 0.103. The van der Waals surface area contributed by atoms with Gasteiger partial charge in [-0.25, -0.2) is 13.1 Å². The second-order valence-corrected chi connectivity index (χ2v) is 8.42. The summed E-state index contributed by atoms with van der Waals surface area (Å²) in [6, 6.07) is 13.5. The molecule has 0 atom stereocenters. The van der Waals surface area contributed by atoms with E-state index in [4.69, 9.17) is 11.6 Å². The van der Waals surface area contributed by atoms with Gasteiger partial charge in [0, 0.05) is 22.3 Å². The van der Waals surface area contributed by atoms with Gasteiger partial charge in [0.15, 0.2) is 0 Å². The second-order valence-electron chi connectivity index (χ2n) is 5.22. The number of amides is 1. The van der Waals surface area contributed by atoms with E-state index in [1.165, 1.54) is 23.5 Å². The van der Waals surface area contributed by atoms with Crippen LogP contribution in [0.3, 0.4) is 0 Å². The number of nitrogens with one attached hydrogen (secondary N) is 2. The molecular weight excluding hydrogens is 380 g/mol. The van der Waals surface area contributed by atoms with Crippen LogP contribution >= 0.6 is 22.9 Å². The topological polar surface area (TPSA) is 75.3 Å². The van der Waals surface area contributed by atoms with E-state index in [1.54, 1.807) is 19.1 Å². The van der Waals surface area contributed by atoms with Gasteiger partial charge in [0.05, 0.1) is 9.92 Å². The van der Waals surface area contributed by atoms with Crippen LogP contribution in [-0.2, 0) is 10.0 Å². The van der Waals surface area contributed by atoms with Crippen LogP contribution in [0.1, 0.15) is 16.6 Å². The molecule has 0 unspecified atom stereocenters. The quantitative estimate of drug-likeness (QED) is 0.683. The molecule has 5 nitrogen and oxygen atoms in total. The standard InChI is InChI=1S/C17H15ClN2O3S2/c1-2-19-25(22,23)12-9-7-11(8-10-12)20-17(21)16-15(18)13-5-3-4-6-14(13)24-16/h3-10,19H,2H2,1H3,(H,20,21). The maximum absolute atomic E-state index is 12.5. The molecule has 0 saturated carbocycles. The van der Waals surface area contributed by atoms with Crippen molar-refractivity contribution < 1.29 is 13.2 Å². The van der Waals surface area contributed by atoms with Gasteiger partial charge < -0.3 is 5.32 Å². The van der Waals surface area contributed by atoms with Gasteiger partial charge in [0.2, 0.25) is 10.0 Å². The molecule has 1 aromatic heterocycles. The van der Waals surface area contributed by atoms with Crippen LogP contribution in [0.15, 0.2) is 53.4 Å². The number of hydrogen-bond donors (Lipinski definition) is 2. The molecule has 2 N–H and O–H groups in total. The SMILES string of the molecule is CCNS(=O)(=O)c1ccc(NC(=O)c2sc3ccccc3c2Cl)cc1. The Hall–Kier alpha value is -1.93. The second kappa shape index (κ2) is 7.13. The fourth-order valence-electron chi connectivity index (χ4n) is 2.34. The van der Waals surface area contributed by atoms with Crippen LogP contribution in [0.4, 0.5) is 5.69 Å². The third-order valence-electron chi connectivity index (χ3n) is 3.50. The van der Waals surface area contributed by atoms with Crippen molar-refractivity contribution >= 4 is 54.6 Å². The molecule has 1 amide bonds. The predicted molar refractivity (Wildman–Crippen MR) is 102 cm³/mol.